The van der Waals surface area contributed by atoms with E-state index in [1.807, 2.05) is 72.8 Å². The minimum Gasteiger partial charge on any atom is -0.493 e. The first kappa shape index (κ1) is 38.8. The van der Waals surface area contributed by atoms with Crippen LogP contribution in [0.15, 0.2) is 83.4 Å². The van der Waals surface area contributed by atoms with Gasteiger partial charge in [-0.25, -0.2) is 4.98 Å². The average molecular weight is 781 g/mol. The van der Waals surface area contributed by atoms with Crippen LogP contribution in [-0.2, 0) is 0 Å². The second-order valence-electron chi connectivity index (χ2n) is 13.3. The zero-order valence-corrected chi connectivity index (χ0v) is 33.4. The molecule has 0 spiro atoms. The largest absolute Gasteiger partial charge is 0.493 e. The van der Waals surface area contributed by atoms with E-state index in [0.717, 1.165) is 90.8 Å². The number of hydrogen-bond donors (Lipinski definition) is 0. The SMILES string of the molecule is COc1ccc(-c2cc(-c3cc(OC)c(OC)c(OC)c3)no2)cc1OCCCN1CCN(CCCOc2cc(-c3nc4ccccc4s3)ccc2OC)CC1. The highest BCUT2D eigenvalue weighted by molar-refractivity contribution is 7.21. The van der Waals surface area contributed by atoms with Crippen molar-refractivity contribution >= 4 is 21.6 Å². The molecule has 0 saturated carbocycles. The molecule has 13 heteroatoms. The molecule has 7 rings (SSSR count). The van der Waals surface area contributed by atoms with Gasteiger partial charge in [0.15, 0.2) is 40.3 Å². The number of thiazole rings is 1. The number of methoxy groups -OCH3 is 5. The van der Waals surface area contributed by atoms with Gasteiger partial charge in [-0.05, 0) is 73.5 Å². The topological polar surface area (TPSA) is 110 Å². The van der Waals surface area contributed by atoms with Crippen molar-refractivity contribution in [1.82, 2.24) is 19.9 Å². The Bertz CT molecular complexity index is 2160. The van der Waals surface area contributed by atoms with Crippen molar-refractivity contribution < 1.29 is 37.7 Å². The third kappa shape index (κ3) is 8.96. The number of para-hydroxylation sites is 1. The molecule has 0 bridgehead atoms. The number of nitrogens with zero attached hydrogens (tertiary/aromatic N) is 4. The van der Waals surface area contributed by atoms with E-state index in [2.05, 4.69) is 21.0 Å². The van der Waals surface area contributed by atoms with Gasteiger partial charge in [0.2, 0.25) is 5.75 Å². The van der Waals surface area contributed by atoms with Crippen molar-refractivity contribution in [2.75, 3.05) is 88.0 Å². The lowest BCUT2D eigenvalue weighted by Gasteiger charge is -2.34. The number of fused-ring (bicyclic) bond motifs is 1. The molecule has 6 aromatic rings. The van der Waals surface area contributed by atoms with Gasteiger partial charge in [0.1, 0.15) is 10.7 Å². The first-order chi connectivity index (χ1) is 27.5. The van der Waals surface area contributed by atoms with Crippen molar-refractivity contribution in [2.45, 2.75) is 12.8 Å². The summed E-state index contributed by atoms with van der Waals surface area (Å²) in [5.41, 5.74) is 4.27. The van der Waals surface area contributed by atoms with Gasteiger partial charge in [0, 0.05) is 62.0 Å². The number of aromatic nitrogens is 2. The summed E-state index contributed by atoms with van der Waals surface area (Å²) in [6.07, 6.45) is 1.83. The molecule has 1 fully saturated rings. The molecule has 1 aliphatic heterocycles. The molecule has 2 aromatic heterocycles. The van der Waals surface area contributed by atoms with Gasteiger partial charge in [-0.15, -0.1) is 11.3 Å². The van der Waals surface area contributed by atoms with Crippen LogP contribution in [0.1, 0.15) is 12.8 Å². The smallest absolute Gasteiger partial charge is 0.203 e. The summed E-state index contributed by atoms with van der Waals surface area (Å²) < 4.78 is 47.1. The summed E-state index contributed by atoms with van der Waals surface area (Å²) in [6.45, 7) is 7.24. The van der Waals surface area contributed by atoms with Crippen LogP contribution in [0.5, 0.6) is 40.2 Å². The van der Waals surface area contributed by atoms with Gasteiger partial charge < -0.3 is 47.5 Å². The van der Waals surface area contributed by atoms with Crippen LogP contribution in [0.4, 0.5) is 0 Å². The standard InChI is InChI=1S/C43H48N4O8S/c1-48-34-14-12-29(36-28-33(45-55-36)31-26-39(50-3)42(52-5)40(27-31)51-4)24-37(34)53-22-8-16-46-18-20-47(21-19-46)17-9-23-54-38-25-30(13-15-35(38)49-2)43-44-32-10-6-7-11-41(32)56-43/h6-7,10-15,24-28H,8-9,16-23H2,1-5H3. The fourth-order valence-corrected chi connectivity index (χ4v) is 7.78. The predicted molar refractivity (Wildman–Crippen MR) is 218 cm³/mol. The van der Waals surface area contributed by atoms with Crippen molar-refractivity contribution in [2.24, 2.45) is 0 Å². The van der Waals surface area contributed by atoms with E-state index in [1.165, 1.54) is 4.70 Å². The molecule has 1 aliphatic rings. The van der Waals surface area contributed by atoms with Crippen molar-refractivity contribution in [3.63, 3.8) is 0 Å². The highest BCUT2D eigenvalue weighted by atomic mass is 32.1. The molecule has 4 aromatic carbocycles. The normalized spacial score (nSPS) is 13.4. The van der Waals surface area contributed by atoms with Crippen molar-refractivity contribution in [3.05, 3.63) is 78.9 Å². The molecule has 1 saturated heterocycles. The molecule has 0 radical (unpaired) electrons. The molecule has 0 aliphatic carbocycles. The molecular weight excluding hydrogens is 733 g/mol. The maximum Gasteiger partial charge on any atom is 0.203 e. The molecule has 0 atom stereocenters. The van der Waals surface area contributed by atoms with E-state index < -0.39 is 0 Å². The number of rotatable bonds is 18. The second kappa shape index (κ2) is 18.4. The Morgan fingerprint density at radius 1 is 0.589 bits per heavy atom. The number of benzene rings is 4. The summed E-state index contributed by atoms with van der Waals surface area (Å²) in [4.78, 5) is 9.82. The van der Waals surface area contributed by atoms with E-state index in [0.29, 0.717) is 53.4 Å². The summed E-state index contributed by atoms with van der Waals surface area (Å²) in [7, 11) is 8.06. The number of piperazine rings is 1. The van der Waals surface area contributed by atoms with Gasteiger partial charge in [-0.2, -0.15) is 0 Å². The minimum absolute atomic E-state index is 0.515. The van der Waals surface area contributed by atoms with E-state index in [9.17, 15) is 0 Å². The van der Waals surface area contributed by atoms with Crippen LogP contribution in [-0.4, -0.2) is 108 Å². The van der Waals surface area contributed by atoms with Crippen molar-refractivity contribution in [3.8, 4) is 73.4 Å². The van der Waals surface area contributed by atoms with E-state index in [-0.39, 0.29) is 0 Å². The lowest BCUT2D eigenvalue weighted by atomic mass is 10.1. The summed E-state index contributed by atoms with van der Waals surface area (Å²) in [5.74, 6) is 4.99. The average Bonchev–Trinajstić information content (AvgIpc) is 3.92. The van der Waals surface area contributed by atoms with Gasteiger partial charge >= 0.3 is 0 Å². The Morgan fingerprint density at radius 2 is 1.14 bits per heavy atom. The molecule has 294 valence electrons. The summed E-state index contributed by atoms with van der Waals surface area (Å²) >= 11 is 1.68. The predicted octanol–water partition coefficient (Wildman–Crippen LogP) is 8.18. The van der Waals surface area contributed by atoms with Crippen LogP contribution in [0.25, 0.3) is 43.4 Å². The van der Waals surface area contributed by atoms with Crippen LogP contribution >= 0.6 is 11.3 Å². The van der Waals surface area contributed by atoms with Gasteiger partial charge in [-0.3, -0.25) is 0 Å². The number of hydrogen-bond acceptors (Lipinski definition) is 13. The van der Waals surface area contributed by atoms with Crippen LogP contribution in [0.3, 0.4) is 0 Å². The monoisotopic (exact) mass is 780 g/mol. The van der Waals surface area contributed by atoms with Gasteiger partial charge in [0.25, 0.3) is 0 Å². The molecule has 3 heterocycles. The molecule has 0 unspecified atom stereocenters. The first-order valence-electron chi connectivity index (χ1n) is 18.7. The lowest BCUT2D eigenvalue weighted by Crippen LogP contribution is -2.47. The maximum atomic E-state index is 6.25. The fraction of sp³-hybridized carbons (Fsp3) is 0.349. The summed E-state index contributed by atoms with van der Waals surface area (Å²) in [5, 5.41) is 5.29. The van der Waals surface area contributed by atoms with E-state index in [1.54, 1.807) is 46.9 Å². The highest BCUT2D eigenvalue weighted by Crippen LogP contribution is 2.42. The Morgan fingerprint density at radius 3 is 1.71 bits per heavy atom. The van der Waals surface area contributed by atoms with Crippen LogP contribution in [0.2, 0.25) is 0 Å². The Kier molecular flexibility index (Phi) is 12.8. The maximum absolute atomic E-state index is 6.25. The van der Waals surface area contributed by atoms with Crippen LogP contribution in [0, 0.1) is 0 Å². The van der Waals surface area contributed by atoms with E-state index >= 15 is 0 Å². The zero-order valence-electron chi connectivity index (χ0n) is 32.5. The second-order valence-corrected chi connectivity index (χ2v) is 14.3. The Hall–Kier alpha value is -5.50. The van der Waals surface area contributed by atoms with E-state index in [4.69, 9.17) is 42.7 Å². The lowest BCUT2D eigenvalue weighted by molar-refractivity contribution is 0.120. The molecule has 12 nitrogen and oxygen atoms in total. The first-order valence-corrected chi connectivity index (χ1v) is 19.5. The Labute approximate surface area is 331 Å². The third-order valence-electron chi connectivity index (χ3n) is 9.84. The Balaban J connectivity index is 0.852. The molecule has 0 amide bonds. The third-order valence-corrected chi connectivity index (χ3v) is 10.9. The van der Waals surface area contributed by atoms with Crippen molar-refractivity contribution in [1.29, 1.82) is 0 Å². The quantitative estimate of drug-likeness (QED) is 0.0785. The number of ether oxygens (including phenoxy) is 7. The molecule has 56 heavy (non-hydrogen) atoms. The molecular formula is C43H48N4O8S. The van der Waals surface area contributed by atoms with Gasteiger partial charge in [-0.1, -0.05) is 17.3 Å². The molecule has 0 N–H and O–H groups in total. The fourth-order valence-electron chi connectivity index (χ4n) is 6.81. The zero-order chi connectivity index (χ0) is 38.9. The summed E-state index contributed by atoms with van der Waals surface area (Å²) in [6, 6.07) is 25.5. The van der Waals surface area contributed by atoms with Gasteiger partial charge in [0.05, 0.1) is 59.0 Å². The highest BCUT2D eigenvalue weighted by Gasteiger charge is 2.19. The minimum atomic E-state index is 0.515. The van der Waals surface area contributed by atoms with Crippen LogP contribution < -0.4 is 33.2 Å².